The van der Waals surface area contributed by atoms with Crippen LogP contribution in [0.1, 0.15) is 98.2 Å². The zero-order valence-electron chi connectivity index (χ0n) is 70.0. The van der Waals surface area contributed by atoms with Crippen molar-refractivity contribution >= 4 is 63.0 Å². The Labute approximate surface area is 720 Å². The first-order valence-electron chi connectivity index (χ1n) is 41.0. The standard InChI is InChI=1S/C41H39N3O4.C40H37N3O4.C20H21N3O4.ClH/c1-28-38(32-19-20-36-33(21-32)22-34-23-35(43(2)3)24-44(34)36)42-40(47-26-30-15-9-5-10-16-30)37(39(28)46-25-29-13-7-4-8-14-29)41(45)48-27-31-17-11-6-12-18-31;1-27-37(31-18-19-35-32(20-31)21-34-22-33(41-2)23-43(34)35)42-39(46-25-29-14-8-4-9-15-29)36(38(27)45-24-28-12-6-3-7-13-28)40(44)47-26-30-16-10-5-11-17-30;1-10-17(21-19(25)16(18(10)24)20(26)27)11-4-5-15-12(6-11)7-13-8-14(22(2)3)9-23(13)15;/h4-22,35H,23-27H2,1-3H3;3-21,33,41H,22-26H2,1-2H3;4-7,14H,8-9H2,1-3H3,(H,26,27)(H2,21,24,25);1H. The van der Waals surface area contributed by atoms with Gasteiger partial charge in [0.15, 0.2) is 16.7 Å². The molecule has 15 aromatic rings. The van der Waals surface area contributed by atoms with Crippen molar-refractivity contribution in [1.29, 1.82) is 0 Å². The number of carboxylic acid groups (broad SMARTS) is 1. The molecule has 626 valence electrons. The number of carbonyl (C=O) groups excluding carboxylic acids is 2. The van der Waals surface area contributed by atoms with Crippen LogP contribution in [-0.2, 0) is 88.0 Å². The lowest BCUT2D eigenvalue weighted by atomic mass is 10.0. The molecule has 0 fully saturated rings. The average molecular weight is 1670 g/mol. The second-order valence-electron chi connectivity index (χ2n) is 31.8. The number of hydrogen-bond donors (Lipinski definition) is 4. The minimum Gasteiger partial charge on any atom is -0.506 e. The SMILES string of the molecule is CNC1Cc2cc3cc(-c4nc(OCc5ccccc5)c(C(=O)OCc5ccccc5)c(OCc5ccccc5)c4C)ccc3n2C1.Cc1c(-c2ccc3c(c2)cc2n3CC(N(C)C)C2)[nH]c(=O)c(C(=O)O)c1O.Cc1c(-c2ccc3c(c2)cc2n3CC(N(C)C)C2)nc(OCc2ccccc2)c(C(=O)OCc2ccccc2)c1OCc1ccccc1.Cl. The van der Waals surface area contributed by atoms with E-state index in [-0.39, 0.29) is 74.9 Å². The summed E-state index contributed by atoms with van der Waals surface area (Å²) >= 11 is 0. The Morgan fingerprint density at radius 1 is 0.431 bits per heavy atom. The fraction of sp³-hybridized carbons (Fsp3) is 0.228. The van der Waals surface area contributed by atoms with Gasteiger partial charge >= 0.3 is 17.9 Å². The molecule has 3 atom stereocenters. The maximum Gasteiger partial charge on any atom is 0.347 e. The van der Waals surface area contributed by atoms with E-state index in [2.05, 4.69) is 117 Å². The van der Waals surface area contributed by atoms with E-state index in [1.165, 1.54) is 28.1 Å². The first kappa shape index (κ1) is 84.4. The van der Waals surface area contributed by atoms with Crippen molar-refractivity contribution in [3.63, 3.8) is 0 Å². The van der Waals surface area contributed by atoms with Crippen molar-refractivity contribution in [2.75, 3.05) is 35.2 Å². The molecule has 0 saturated carbocycles. The van der Waals surface area contributed by atoms with Crippen LogP contribution in [0.4, 0.5) is 0 Å². The van der Waals surface area contributed by atoms with Crippen LogP contribution in [0.3, 0.4) is 0 Å². The van der Waals surface area contributed by atoms with Gasteiger partial charge in [-0.25, -0.2) is 24.4 Å². The van der Waals surface area contributed by atoms with Crippen LogP contribution in [0, 0.1) is 20.8 Å². The lowest BCUT2D eigenvalue weighted by molar-refractivity contribution is 0.0451. The van der Waals surface area contributed by atoms with Crippen molar-refractivity contribution in [3.05, 3.63) is 349 Å². The van der Waals surface area contributed by atoms with Crippen molar-refractivity contribution in [2.24, 2.45) is 0 Å². The number of carboxylic acids is 1. The first-order chi connectivity index (χ1) is 59.3. The number of aromatic amines is 1. The molecule has 123 heavy (non-hydrogen) atoms. The summed E-state index contributed by atoms with van der Waals surface area (Å²) < 4.78 is 44.6. The zero-order chi connectivity index (χ0) is 84.7. The first-order valence-corrected chi connectivity index (χ1v) is 41.0. The molecule has 3 aliphatic heterocycles. The van der Waals surface area contributed by atoms with Gasteiger partial charge in [-0.1, -0.05) is 200 Å². The van der Waals surface area contributed by atoms with Crippen LogP contribution in [0.2, 0.25) is 0 Å². The molecule has 18 rings (SSSR count). The van der Waals surface area contributed by atoms with Gasteiger partial charge in [-0.3, -0.25) is 4.79 Å². The number of esters is 2. The van der Waals surface area contributed by atoms with Gasteiger partial charge in [0, 0.05) is 135 Å². The molecule has 0 spiro atoms. The molecule has 0 saturated heterocycles. The number of aromatic nitrogens is 6. The predicted molar refractivity (Wildman–Crippen MR) is 482 cm³/mol. The number of halogens is 1. The maximum atomic E-state index is 14.0. The Kier molecular flexibility index (Phi) is 25.8. The number of rotatable bonds is 25. The largest absolute Gasteiger partial charge is 0.506 e. The highest BCUT2D eigenvalue weighted by Gasteiger charge is 2.33. The molecule has 9 heterocycles. The second-order valence-corrected chi connectivity index (χ2v) is 31.8. The molecule has 3 aliphatic rings. The molecule has 22 heteroatoms. The van der Waals surface area contributed by atoms with Crippen molar-refractivity contribution in [1.82, 2.24) is 43.8 Å². The molecular weight excluding hydrogens is 1570 g/mol. The number of likely N-dealkylation sites (N-methyl/N-ethyl adjacent to an activating group) is 3. The Morgan fingerprint density at radius 3 is 1.12 bits per heavy atom. The fourth-order valence-electron chi connectivity index (χ4n) is 16.5. The molecule has 6 aromatic heterocycles. The molecule has 4 N–H and O–H groups in total. The molecule has 0 radical (unpaired) electrons. The summed E-state index contributed by atoms with van der Waals surface area (Å²) in [5.74, 6) is -1.90. The van der Waals surface area contributed by atoms with Crippen molar-refractivity contribution < 1.29 is 53.0 Å². The van der Waals surface area contributed by atoms with E-state index in [9.17, 15) is 24.3 Å². The topological polar surface area (TPSA) is 239 Å². The highest BCUT2D eigenvalue weighted by atomic mass is 35.5. The summed E-state index contributed by atoms with van der Waals surface area (Å²) in [5, 5.41) is 26.1. The number of carbonyl (C=O) groups is 3. The number of pyridine rings is 3. The number of fused-ring (bicyclic) bond motifs is 9. The van der Waals surface area contributed by atoms with Crippen molar-refractivity contribution in [2.45, 2.75) is 117 Å². The summed E-state index contributed by atoms with van der Waals surface area (Å²) in [5.41, 5.74) is 18.2. The van der Waals surface area contributed by atoms with Crippen LogP contribution in [-0.4, -0.2) is 120 Å². The smallest absolute Gasteiger partial charge is 0.347 e. The van der Waals surface area contributed by atoms with Crippen LogP contribution >= 0.6 is 12.4 Å². The normalized spacial score (nSPS) is 14.2. The van der Waals surface area contributed by atoms with E-state index in [1.807, 2.05) is 221 Å². The van der Waals surface area contributed by atoms with E-state index >= 15 is 0 Å². The number of aromatic carboxylic acids is 1. The van der Waals surface area contributed by atoms with Gasteiger partial charge in [0.1, 0.15) is 56.9 Å². The lowest BCUT2D eigenvalue weighted by Crippen LogP contribution is -2.28. The number of H-pyrrole nitrogens is 1. The van der Waals surface area contributed by atoms with Gasteiger partial charge in [-0.2, -0.15) is 0 Å². The molecule has 0 amide bonds. The van der Waals surface area contributed by atoms with Gasteiger partial charge in [0.05, 0.1) is 17.1 Å². The fourth-order valence-corrected chi connectivity index (χ4v) is 16.5. The average Bonchev–Trinajstić information content (AvgIpc) is 1.71. The minimum absolute atomic E-state index is 0. The second kappa shape index (κ2) is 37.6. The highest BCUT2D eigenvalue weighted by Crippen LogP contribution is 2.44. The van der Waals surface area contributed by atoms with E-state index in [1.54, 1.807) is 6.92 Å². The van der Waals surface area contributed by atoms with Crippen LogP contribution in [0.25, 0.3) is 66.5 Å². The van der Waals surface area contributed by atoms with Gasteiger partial charge in [-0.05, 0) is 150 Å². The third kappa shape index (κ3) is 18.5. The Morgan fingerprint density at radius 2 is 0.764 bits per heavy atom. The van der Waals surface area contributed by atoms with Gasteiger partial charge in [0.2, 0.25) is 11.8 Å². The summed E-state index contributed by atoms with van der Waals surface area (Å²) in [4.78, 5) is 68.4. The third-order valence-electron chi connectivity index (χ3n) is 23.3. The number of nitrogens with zero attached hydrogens (tertiary/aromatic N) is 7. The summed E-state index contributed by atoms with van der Waals surface area (Å²) in [7, 11) is 10.5. The molecular formula is C101H98ClN9O12. The minimum atomic E-state index is -1.45. The van der Waals surface area contributed by atoms with Crippen LogP contribution < -0.4 is 29.8 Å². The third-order valence-corrected chi connectivity index (χ3v) is 23.3. The Bertz CT molecular complexity index is 6400. The molecule has 3 unspecified atom stereocenters. The van der Waals surface area contributed by atoms with Crippen LogP contribution in [0.5, 0.6) is 29.0 Å². The monoisotopic (exact) mass is 1660 g/mol. The highest BCUT2D eigenvalue weighted by molar-refractivity contribution is 5.99. The lowest BCUT2D eigenvalue weighted by Gasteiger charge is -2.20. The molecule has 0 bridgehead atoms. The maximum absolute atomic E-state index is 14.0. The van der Waals surface area contributed by atoms with E-state index in [4.69, 9.17) is 43.5 Å². The summed E-state index contributed by atoms with van der Waals surface area (Å²) in [6.07, 6.45) is 3.00. The van der Waals surface area contributed by atoms with Gasteiger partial charge in [0.25, 0.3) is 5.56 Å². The number of aromatic hydroxyl groups is 1. The molecule has 0 aliphatic carbocycles. The molecule has 9 aromatic carbocycles. The van der Waals surface area contributed by atoms with Crippen molar-refractivity contribution in [3.8, 4) is 62.8 Å². The Balaban J connectivity index is 0.000000148. The summed E-state index contributed by atoms with van der Waals surface area (Å²) in [6, 6.07) is 85.6. The molecule has 21 nitrogen and oxygen atoms in total. The van der Waals surface area contributed by atoms with E-state index < -0.39 is 34.8 Å². The Hall–Kier alpha value is -13.6. The number of nitrogens with one attached hydrogen (secondary N) is 2. The number of ether oxygens (including phenoxy) is 6. The van der Waals surface area contributed by atoms with E-state index in [0.717, 1.165) is 122 Å². The predicted octanol–water partition coefficient (Wildman–Crippen LogP) is 18.3. The van der Waals surface area contributed by atoms with E-state index in [0.29, 0.717) is 52.3 Å². The number of benzene rings is 9. The quantitative estimate of drug-likeness (QED) is 0.0389. The van der Waals surface area contributed by atoms with Gasteiger partial charge < -0.3 is 72.4 Å². The summed E-state index contributed by atoms with van der Waals surface area (Å²) in [6.45, 7) is 9.55. The van der Waals surface area contributed by atoms with Crippen LogP contribution in [0.15, 0.2) is 260 Å². The zero-order valence-corrected chi connectivity index (χ0v) is 70.8. The van der Waals surface area contributed by atoms with Gasteiger partial charge in [-0.15, -0.1) is 12.4 Å². The number of hydrogen-bond acceptors (Lipinski definition) is 16.